The fourth-order valence-electron chi connectivity index (χ4n) is 3.51. The van der Waals surface area contributed by atoms with Crippen LogP contribution in [0.2, 0.25) is 0 Å². The molecule has 1 aromatic carbocycles. The average Bonchev–Trinajstić information content (AvgIpc) is 2.73. The maximum absolute atomic E-state index is 13.5. The van der Waals surface area contributed by atoms with Gasteiger partial charge in [-0.15, -0.1) is 0 Å². The van der Waals surface area contributed by atoms with Gasteiger partial charge in [0, 0.05) is 13.1 Å². The molecule has 0 bridgehead atoms. The molecule has 9 nitrogen and oxygen atoms in total. The lowest BCUT2D eigenvalue weighted by atomic mass is 9.98. The van der Waals surface area contributed by atoms with Gasteiger partial charge in [0.05, 0.1) is 29.4 Å². The first-order valence-corrected chi connectivity index (χ1v) is 12.1. The van der Waals surface area contributed by atoms with Gasteiger partial charge < -0.3 is 9.64 Å². The molecule has 192 valence electrons. The van der Waals surface area contributed by atoms with Crippen molar-refractivity contribution in [2.75, 3.05) is 24.6 Å². The van der Waals surface area contributed by atoms with Gasteiger partial charge in [-0.25, -0.2) is 22.6 Å². The Bertz CT molecular complexity index is 1350. The van der Waals surface area contributed by atoms with Crippen LogP contribution in [0.3, 0.4) is 0 Å². The SMILES string of the molecule is CCOC(=O)c1cc(C#N)c(N2CC(C(=O)NS(=O)(=O)Cc3ccc(F)c(C)c3)C2)nc1C(F)(F)F. The summed E-state index contributed by atoms with van der Waals surface area (Å²) >= 11 is 0. The van der Waals surface area contributed by atoms with Gasteiger partial charge in [0.15, 0.2) is 5.69 Å². The van der Waals surface area contributed by atoms with Crippen LogP contribution < -0.4 is 9.62 Å². The second kappa shape index (κ2) is 10.1. The molecule has 0 aliphatic carbocycles. The molecule has 2 aromatic rings. The summed E-state index contributed by atoms with van der Waals surface area (Å²) in [7, 11) is -4.13. The number of benzene rings is 1. The van der Waals surface area contributed by atoms with E-state index in [-0.39, 0.29) is 36.4 Å². The highest BCUT2D eigenvalue weighted by Gasteiger charge is 2.42. The molecule has 2 heterocycles. The van der Waals surface area contributed by atoms with E-state index in [0.717, 1.165) is 12.1 Å². The number of nitriles is 1. The number of aryl methyl sites for hydroxylation is 1. The number of sulfonamides is 1. The maximum atomic E-state index is 13.5. The zero-order valence-corrected chi connectivity index (χ0v) is 19.8. The van der Waals surface area contributed by atoms with E-state index >= 15 is 0 Å². The van der Waals surface area contributed by atoms with Crippen molar-refractivity contribution in [2.24, 2.45) is 5.92 Å². The topological polar surface area (TPSA) is 129 Å². The molecule has 0 spiro atoms. The third-order valence-electron chi connectivity index (χ3n) is 5.27. The summed E-state index contributed by atoms with van der Waals surface area (Å²) in [5.41, 5.74) is -2.31. The molecule has 1 aliphatic heterocycles. The van der Waals surface area contributed by atoms with Crippen molar-refractivity contribution >= 4 is 27.7 Å². The molecule has 1 aromatic heterocycles. The van der Waals surface area contributed by atoms with E-state index in [1.54, 1.807) is 6.07 Å². The van der Waals surface area contributed by atoms with E-state index in [9.17, 15) is 40.8 Å². The van der Waals surface area contributed by atoms with E-state index < -0.39 is 62.6 Å². The first kappa shape index (κ1) is 26.9. The Hall–Kier alpha value is -3.73. The number of nitrogens with zero attached hydrogens (tertiary/aromatic N) is 3. The third kappa shape index (κ3) is 5.91. The van der Waals surface area contributed by atoms with Gasteiger partial charge in [0.1, 0.15) is 17.7 Å². The predicted molar refractivity (Wildman–Crippen MR) is 118 cm³/mol. The molecular weight excluding hydrogens is 508 g/mol. The van der Waals surface area contributed by atoms with Gasteiger partial charge in [0.2, 0.25) is 15.9 Å². The number of hydrogen-bond donors (Lipinski definition) is 1. The van der Waals surface area contributed by atoms with Crippen molar-refractivity contribution in [3.8, 4) is 6.07 Å². The van der Waals surface area contributed by atoms with E-state index in [2.05, 4.69) is 9.72 Å². The van der Waals surface area contributed by atoms with Crippen LogP contribution in [-0.4, -0.2) is 45.0 Å². The van der Waals surface area contributed by atoms with Crippen LogP contribution in [0.25, 0.3) is 0 Å². The Balaban J connectivity index is 1.74. The van der Waals surface area contributed by atoms with Crippen molar-refractivity contribution < 1.29 is 40.3 Å². The smallest absolute Gasteiger partial charge is 0.434 e. The van der Waals surface area contributed by atoms with Crippen LogP contribution in [0.5, 0.6) is 0 Å². The number of esters is 1. The Morgan fingerprint density at radius 2 is 1.94 bits per heavy atom. The number of amides is 1. The molecule has 1 fully saturated rings. The van der Waals surface area contributed by atoms with E-state index in [4.69, 9.17) is 0 Å². The summed E-state index contributed by atoms with van der Waals surface area (Å²) in [5, 5.41) is 9.39. The predicted octanol–water partition coefficient (Wildman–Crippen LogP) is 2.68. The van der Waals surface area contributed by atoms with Gasteiger partial charge in [-0.3, -0.25) is 9.52 Å². The Morgan fingerprint density at radius 1 is 1.28 bits per heavy atom. The zero-order chi connectivity index (χ0) is 26.8. The van der Waals surface area contributed by atoms with Crippen LogP contribution in [0, 0.1) is 30.0 Å². The standard InChI is InChI=1S/C22H20F4N4O5S/c1-3-35-21(32)16-7-14(8-27)19(28-18(16)22(24,25)26)30-9-15(10-30)20(31)29-36(33,34)11-13-4-5-17(23)12(2)6-13/h4-7,15H,3,9-11H2,1-2H3,(H,29,31). The molecule has 0 saturated carbocycles. The molecule has 1 aliphatic rings. The van der Waals surface area contributed by atoms with Crippen LogP contribution >= 0.6 is 0 Å². The molecule has 0 atom stereocenters. The number of ether oxygens (including phenoxy) is 1. The minimum absolute atomic E-state index is 0.188. The first-order chi connectivity index (χ1) is 16.8. The van der Waals surface area contributed by atoms with Crippen LogP contribution in [-0.2, 0) is 31.5 Å². The van der Waals surface area contributed by atoms with E-state index in [1.807, 2.05) is 4.72 Å². The third-order valence-corrected chi connectivity index (χ3v) is 6.50. The summed E-state index contributed by atoms with van der Waals surface area (Å²) in [5.74, 6) is -4.58. The Kier molecular flexibility index (Phi) is 7.54. The molecule has 3 rings (SSSR count). The van der Waals surface area contributed by atoms with E-state index in [1.165, 1.54) is 30.9 Å². The Labute approximate surface area is 203 Å². The van der Waals surface area contributed by atoms with Crippen molar-refractivity contribution in [1.29, 1.82) is 5.26 Å². The molecule has 14 heteroatoms. The van der Waals surface area contributed by atoms with Crippen LogP contribution in [0.15, 0.2) is 24.3 Å². The molecule has 36 heavy (non-hydrogen) atoms. The number of hydrogen-bond acceptors (Lipinski definition) is 8. The highest BCUT2D eigenvalue weighted by molar-refractivity contribution is 7.89. The van der Waals surface area contributed by atoms with Crippen LogP contribution in [0.4, 0.5) is 23.4 Å². The number of pyridine rings is 1. The fraction of sp³-hybridized carbons (Fsp3) is 0.364. The summed E-state index contributed by atoms with van der Waals surface area (Å²) in [6, 6.07) is 6.11. The highest BCUT2D eigenvalue weighted by atomic mass is 32.2. The van der Waals surface area contributed by atoms with Gasteiger partial charge in [-0.05, 0) is 37.1 Å². The number of halogens is 4. The number of anilines is 1. The van der Waals surface area contributed by atoms with E-state index in [0.29, 0.717) is 0 Å². The lowest BCUT2D eigenvalue weighted by Crippen LogP contribution is -2.55. The van der Waals surface area contributed by atoms with Gasteiger partial charge in [-0.1, -0.05) is 12.1 Å². The van der Waals surface area contributed by atoms with Crippen molar-refractivity contribution in [3.63, 3.8) is 0 Å². The molecule has 0 radical (unpaired) electrons. The van der Waals surface area contributed by atoms with Crippen molar-refractivity contribution in [2.45, 2.75) is 25.8 Å². The number of carbonyl (C=O) groups is 2. The molecule has 0 unspecified atom stereocenters. The van der Waals surface area contributed by atoms with Gasteiger partial charge >= 0.3 is 12.1 Å². The maximum Gasteiger partial charge on any atom is 0.434 e. The molecular formula is C22H20F4N4O5S. The monoisotopic (exact) mass is 528 g/mol. The second-order valence-corrected chi connectivity index (χ2v) is 9.72. The summed E-state index contributed by atoms with van der Waals surface area (Å²) in [6.07, 6.45) is -5.03. The Morgan fingerprint density at radius 3 is 2.50 bits per heavy atom. The number of aromatic nitrogens is 1. The summed E-state index contributed by atoms with van der Waals surface area (Å²) < 4.78 is 85.2. The van der Waals surface area contributed by atoms with Crippen molar-refractivity contribution in [1.82, 2.24) is 9.71 Å². The number of alkyl halides is 3. The second-order valence-electron chi connectivity index (χ2n) is 8.00. The zero-order valence-electron chi connectivity index (χ0n) is 19.0. The molecule has 1 saturated heterocycles. The minimum atomic E-state index is -5.03. The summed E-state index contributed by atoms with van der Waals surface area (Å²) in [4.78, 5) is 29.1. The van der Waals surface area contributed by atoms with Crippen LogP contribution in [0.1, 0.15) is 39.7 Å². The first-order valence-electron chi connectivity index (χ1n) is 10.5. The molecule has 1 amide bonds. The largest absolute Gasteiger partial charge is 0.462 e. The average molecular weight is 528 g/mol. The lowest BCUT2D eigenvalue weighted by Gasteiger charge is -2.39. The molecule has 1 N–H and O–H groups in total. The number of nitrogens with one attached hydrogen (secondary N) is 1. The fourth-order valence-corrected chi connectivity index (χ4v) is 4.68. The minimum Gasteiger partial charge on any atom is -0.462 e. The summed E-state index contributed by atoms with van der Waals surface area (Å²) in [6.45, 7) is 2.25. The lowest BCUT2D eigenvalue weighted by molar-refractivity contribution is -0.141. The quantitative estimate of drug-likeness (QED) is 0.429. The highest BCUT2D eigenvalue weighted by Crippen LogP contribution is 2.35. The van der Waals surface area contributed by atoms with Crippen molar-refractivity contribution in [3.05, 3.63) is 58.0 Å². The normalized spacial score (nSPS) is 14.1. The van der Waals surface area contributed by atoms with Gasteiger partial charge in [-0.2, -0.15) is 18.4 Å². The van der Waals surface area contributed by atoms with Gasteiger partial charge in [0.25, 0.3) is 0 Å². The number of rotatable bonds is 7. The number of carbonyl (C=O) groups excluding carboxylic acids is 2.